The molecule has 0 saturated carbocycles. The largest absolute Gasteiger partial charge is 0.366 e. The van der Waals surface area contributed by atoms with Crippen LogP contribution in [-0.4, -0.2) is 67.4 Å². The topological polar surface area (TPSA) is 98.1 Å². The maximum atomic E-state index is 14.0. The van der Waals surface area contributed by atoms with Gasteiger partial charge in [0.25, 0.3) is 5.95 Å². The Morgan fingerprint density at radius 3 is 2.57 bits per heavy atom. The number of benzene rings is 1. The minimum Gasteiger partial charge on any atom is -0.366 e. The van der Waals surface area contributed by atoms with E-state index in [1.165, 1.54) is 22.5 Å². The van der Waals surface area contributed by atoms with Crippen molar-refractivity contribution < 1.29 is 9.18 Å². The molecule has 1 fully saturated rings. The van der Waals surface area contributed by atoms with Crippen molar-refractivity contribution in [3.05, 3.63) is 47.5 Å². The fourth-order valence-electron chi connectivity index (χ4n) is 3.47. The number of anilines is 1. The van der Waals surface area contributed by atoms with E-state index in [0.717, 1.165) is 11.4 Å². The van der Waals surface area contributed by atoms with E-state index >= 15 is 0 Å². The maximum Gasteiger partial charge on any atom is 0.271 e. The molecule has 0 radical (unpaired) electrons. The molecule has 3 aromatic rings. The van der Waals surface area contributed by atoms with Gasteiger partial charge in [0.05, 0.1) is 17.1 Å². The predicted octanol–water partition coefficient (Wildman–Crippen LogP) is 1.37. The average molecular weight is 431 g/mol. The number of aryl methyl sites for hydroxylation is 2. The molecule has 2 aromatic heterocycles. The fraction of sp³-hybridized carbons (Fsp3) is 0.368. The summed E-state index contributed by atoms with van der Waals surface area (Å²) in [5.74, 6) is 6.46. The molecular weight excluding hydrogens is 407 g/mol. The molecule has 1 aliphatic heterocycles. The second-order valence-corrected chi connectivity index (χ2v) is 8.04. The number of rotatable bonds is 5. The van der Waals surface area contributed by atoms with Crippen LogP contribution in [0.1, 0.15) is 11.4 Å². The SMILES string of the molecule is Cc1cc(C)n(-c2nnc(SCC(=O)N3CCN(c4ccccc4F)CC3)n2N)n1. The first-order valence-electron chi connectivity index (χ1n) is 9.58. The van der Waals surface area contributed by atoms with Crippen LogP contribution in [0, 0.1) is 19.7 Å². The van der Waals surface area contributed by atoms with E-state index in [0.29, 0.717) is 43.0 Å². The Morgan fingerprint density at radius 2 is 1.90 bits per heavy atom. The van der Waals surface area contributed by atoms with Crippen molar-refractivity contribution in [2.24, 2.45) is 0 Å². The van der Waals surface area contributed by atoms with Gasteiger partial charge in [-0.15, -0.1) is 10.2 Å². The Morgan fingerprint density at radius 1 is 1.17 bits per heavy atom. The lowest BCUT2D eigenvalue weighted by atomic mass is 10.2. The van der Waals surface area contributed by atoms with Crippen LogP contribution >= 0.6 is 11.8 Å². The summed E-state index contributed by atoms with van der Waals surface area (Å²) in [6.07, 6.45) is 0. The summed E-state index contributed by atoms with van der Waals surface area (Å²) in [6.45, 7) is 6.06. The molecule has 0 unspecified atom stereocenters. The molecule has 1 amide bonds. The lowest BCUT2D eigenvalue weighted by molar-refractivity contribution is -0.128. The summed E-state index contributed by atoms with van der Waals surface area (Å²) in [4.78, 5) is 16.4. The number of carbonyl (C=O) groups excluding carboxylic acids is 1. The number of thioether (sulfide) groups is 1. The molecule has 1 aliphatic rings. The molecule has 11 heteroatoms. The van der Waals surface area contributed by atoms with Crippen LogP contribution < -0.4 is 10.7 Å². The average Bonchev–Trinajstić information content (AvgIpc) is 3.27. The zero-order chi connectivity index (χ0) is 21.3. The highest BCUT2D eigenvalue weighted by Crippen LogP contribution is 2.22. The van der Waals surface area contributed by atoms with Gasteiger partial charge in [0.15, 0.2) is 0 Å². The maximum absolute atomic E-state index is 14.0. The normalized spacial score (nSPS) is 14.4. The van der Waals surface area contributed by atoms with Crippen LogP contribution in [0.15, 0.2) is 35.5 Å². The Bertz CT molecular complexity index is 1060. The minimum atomic E-state index is -0.242. The smallest absolute Gasteiger partial charge is 0.271 e. The van der Waals surface area contributed by atoms with Crippen molar-refractivity contribution in [3.8, 4) is 5.95 Å². The van der Waals surface area contributed by atoms with Crippen molar-refractivity contribution in [1.82, 2.24) is 29.6 Å². The zero-order valence-corrected chi connectivity index (χ0v) is 17.6. The highest BCUT2D eigenvalue weighted by Gasteiger charge is 2.23. The highest BCUT2D eigenvalue weighted by atomic mass is 32.2. The monoisotopic (exact) mass is 430 g/mol. The number of piperazine rings is 1. The number of nitrogen functional groups attached to an aromatic ring is 1. The minimum absolute atomic E-state index is 0.0103. The molecule has 158 valence electrons. The molecule has 2 N–H and O–H groups in total. The van der Waals surface area contributed by atoms with Gasteiger partial charge in [-0.25, -0.2) is 13.7 Å². The van der Waals surface area contributed by atoms with Crippen LogP contribution in [0.25, 0.3) is 5.95 Å². The molecule has 1 saturated heterocycles. The number of hydrogen-bond donors (Lipinski definition) is 1. The lowest BCUT2D eigenvalue weighted by Crippen LogP contribution is -2.49. The molecule has 3 heterocycles. The number of hydrogen-bond acceptors (Lipinski definition) is 7. The van der Waals surface area contributed by atoms with Crippen molar-refractivity contribution >= 4 is 23.4 Å². The summed E-state index contributed by atoms with van der Waals surface area (Å²) in [5.41, 5.74) is 2.33. The number of carbonyl (C=O) groups is 1. The van der Waals surface area contributed by atoms with Gasteiger partial charge in [0.2, 0.25) is 11.1 Å². The number of aromatic nitrogens is 5. The van der Waals surface area contributed by atoms with Crippen molar-refractivity contribution in [3.63, 3.8) is 0 Å². The molecule has 0 aliphatic carbocycles. The first-order valence-corrected chi connectivity index (χ1v) is 10.6. The Hall–Kier alpha value is -3.08. The predicted molar refractivity (Wildman–Crippen MR) is 113 cm³/mol. The highest BCUT2D eigenvalue weighted by molar-refractivity contribution is 7.99. The summed E-state index contributed by atoms with van der Waals surface area (Å²) in [7, 11) is 0. The molecule has 0 spiro atoms. The summed E-state index contributed by atoms with van der Waals surface area (Å²) < 4.78 is 16.9. The number of amides is 1. The van der Waals surface area contributed by atoms with Crippen LogP contribution in [-0.2, 0) is 4.79 Å². The van der Waals surface area contributed by atoms with E-state index in [2.05, 4.69) is 15.3 Å². The third-order valence-electron chi connectivity index (χ3n) is 5.00. The first-order chi connectivity index (χ1) is 14.4. The van der Waals surface area contributed by atoms with Gasteiger partial charge < -0.3 is 15.6 Å². The Balaban J connectivity index is 1.34. The third kappa shape index (κ3) is 3.97. The van der Waals surface area contributed by atoms with Gasteiger partial charge in [-0.05, 0) is 32.0 Å². The number of nitrogens with two attached hydrogens (primary N) is 1. The standard InChI is InChI=1S/C19H23FN8OS/c1-13-11-14(2)28(24-13)18-22-23-19(27(18)21)30-12-17(29)26-9-7-25(8-10-26)16-6-4-3-5-15(16)20/h3-6,11H,7-10,12,21H2,1-2H3. The van der Waals surface area contributed by atoms with Crippen LogP contribution in [0.3, 0.4) is 0 Å². The van der Waals surface area contributed by atoms with Gasteiger partial charge in [-0.3, -0.25) is 4.79 Å². The number of nitrogens with zero attached hydrogens (tertiary/aromatic N) is 7. The van der Waals surface area contributed by atoms with Crippen LogP contribution in [0.2, 0.25) is 0 Å². The number of halogens is 1. The van der Waals surface area contributed by atoms with Crippen LogP contribution in [0.5, 0.6) is 0 Å². The van der Waals surface area contributed by atoms with Gasteiger partial charge in [0.1, 0.15) is 5.82 Å². The molecule has 1 aromatic carbocycles. The van der Waals surface area contributed by atoms with Gasteiger partial charge in [-0.1, -0.05) is 23.9 Å². The van der Waals surface area contributed by atoms with Crippen molar-refractivity contribution in [1.29, 1.82) is 0 Å². The first kappa shape index (κ1) is 20.2. The second kappa shape index (κ2) is 8.34. The van der Waals surface area contributed by atoms with E-state index in [4.69, 9.17) is 5.84 Å². The summed E-state index contributed by atoms with van der Waals surface area (Å²) >= 11 is 1.24. The van der Waals surface area contributed by atoms with Crippen molar-refractivity contribution in [2.45, 2.75) is 19.0 Å². The molecule has 0 atom stereocenters. The summed E-state index contributed by atoms with van der Waals surface area (Å²) in [5, 5.41) is 13.0. The van der Waals surface area contributed by atoms with E-state index in [9.17, 15) is 9.18 Å². The van der Waals surface area contributed by atoms with Crippen molar-refractivity contribution in [2.75, 3.05) is 42.7 Å². The molecule has 9 nitrogen and oxygen atoms in total. The molecule has 30 heavy (non-hydrogen) atoms. The quantitative estimate of drug-likeness (QED) is 0.482. The Kier molecular flexibility index (Phi) is 5.62. The van der Waals surface area contributed by atoms with E-state index in [-0.39, 0.29) is 17.5 Å². The third-order valence-corrected chi connectivity index (χ3v) is 5.92. The van der Waals surface area contributed by atoms with Gasteiger partial charge in [-0.2, -0.15) is 5.10 Å². The van der Waals surface area contributed by atoms with E-state index in [1.54, 1.807) is 21.7 Å². The zero-order valence-electron chi connectivity index (χ0n) is 16.8. The fourth-order valence-corrected chi connectivity index (χ4v) is 4.22. The van der Waals surface area contributed by atoms with Gasteiger partial charge in [0, 0.05) is 31.9 Å². The lowest BCUT2D eigenvalue weighted by Gasteiger charge is -2.36. The van der Waals surface area contributed by atoms with Gasteiger partial charge >= 0.3 is 0 Å². The van der Waals surface area contributed by atoms with E-state index in [1.807, 2.05) is 30.9 Å². The second-order valence-electron chi connectivity index (χ2n) is 7.10. The van der Waals surface area contributed by atoms with Crippen LogP contribution in [0.4, 0.5) is 10.1 Å². The molecule has 0 bridgehead atoms. The Labute approximate surface area is 177 Å². The van der Waals surface area contributed by atoms with E-state index < -0.39 is 0 Å². The number of para-hydroxylation sites is 1. The molecular formula is C19H23FN8OS. The molecule has 4 rings (SSSR count). The summed E-state index contributed by atoms with van der Waals surface area (Å²) in [6, 6.07) is 8.62.